The zero-order chi connectivity index (χ0) is 17.4. The first-order chi connectivity index (χ1) is 11.4. The van der Waals surface area contributed by atoms with Gasteiger partial charge in [0.25, 0.3) is 5.56 Å². The van der Waals surface area contributed by atoms with Crippen molar-refractivity contribution >= 4 is 11.9 Å². The van der Waals surface area contributed by atoms with Gasteiger partial charge >= 0.3 is 5.97 Å². The third-order valence-electron chi connectivity index (χ3n) is 4.33. The lowest BCUT2D eigenvalue weighted by atomic mass is 9.96. The normalized spacial score (nSPS) is 13.5. The molecule has 0 atom stereocenters. The Morgan fingerprint density at radius 3 is 2.71 bits per heavy atom. The Labute approximate surface area is 138 Å². The topological polar surface area (TPSA) is 92.5 Å². The highest BCUT2D eigenvalue weighted by Gasteiger charge is 2.27. The first-order valence-corrected chi connectivity index (χ1v) is 7.57. The number of hydrogen-bond acceptors (Lipinski definition) is 4. The van der Waals surface area contributed by atoms with Gasteiger partial charge in [0.05, 0.1) is 11.9 Å². The molecule has 0 fully saturated rings. The third-order valence-corrected chi connectivity index (χ3v) is 4.33. The van der Waals surface area contributed by atoms with Gasteiger partial charge in [0.15, 0.2) is 0 Å². The van der Waals surface area contributed by atoms with E-state index in [1.807, 2.05) is 6.92 Å². The van der Waals surface area contributed by atoms with E-state index < -0.39 is 11.5 Å². The van der Waals surface area contributed by atoms with Crippen molar-refractivity contribution in [2.45, 2.75) is 26.8 Å². The summed E-state index contributed by atoms with van der Waals surface area (Å²) in [6, 6.07) is 1.75. The van der Waals surface area contributed by atoms with E-state index in [2.05, 4.69) is 4.98 Å². The molecule has 1 N–H and O–H groups in total. The summed E-state index contributed by atoms with van der Waals surface area (Å²) in [5, 5.41) is 9.53. The zero-order valence-corrected chi connectivity index (χ0v) is 13.4. The molecule has 2 aromatic rings. The molecule has 0 saturated carbocycles. The van der Waals surface area contributed by atoms with Crippen LogP contribution in [0.15, 0.2) is 29.5 Å². The molecule has 124 valence electrons. The van der Waals surface area contributed by atoms with Crippen molar-refractivity contribution < 1.29 is 14.7 Å². The first-order valence-electron chi connectivity index (χ1n) is 7.57. The van der Waals surface area contributed by atoms with E-state index in [4.69, 9.17) is 0 Å². The minimum Gasteiger partial charge on any atom is -0.477 e. The van der Waals surface area contributed by atoms with Gasteiger partial charge in [0, 0.05) is 32.4 Å². The van der Waals surface area contributed by atoms with Gasteiger partial charge in [0.2, 0.25) is 5.91 Å². The van der Waals surface area contributed by atoms with Crippen molar-refractivity contribution in [3.05, 3.63) is 57.3 Å². The van der Waals surface area contributed by atoms with Crippen LogP contribution in [0.25, 0.3) is 5.69 Å². The molecule has 3 heterocycles. The molecule has 0 spiro atoms. The molecule has 1 aliphatic rings. The Morgan fingerprint density at radius 2 is 2.08 bits per heavy atom. The smallest absolute Gasteiger partial charge is 0.341 e. The van der Waals surface area contributed by atoms with Gasteiger partial charge in [-0.15, -0.1) is 0 Å². The average Bonchev–Trinajstić information content (AvgIpc) is 2.54. The zero-order valence-electron chi connectivity index (χ0n) is 13.4. The number of hydrogen-bond donors (Lipinski definition) is 1. The van der Waals surface area contributed by atoms with Crippen LogP contribution in [0, 0.1) is 6.92 Å². The van der Waals surface area contributed by atoms with Crippen LogP contribution in [-0.4, -0.2) is 38.0 Å². The van der Waals surface area contributed by atoms with Crippen molar-refractivity contribution in [2.24, 2.45) is 0 Å². The predicted molar refractivity (Wildman–Crippen MR) is 86.3 cm³/mol. The van der Waals surface area contributed by atoms with Gasteiger partial charge in [0.1, 0.15) is 5.56 Å². The maximum Gasteiger partial charge on any atom is 0.341 e. The van der Waals surface area contributed by atoms with Crippen LogP contribution in [0.1, 0.15) is 34.0 Å². The second-order valence-electron chi connectivity index (χ2n) is 5.84. The molecule has 24 heavy (non-hydrogen) atoms. The maximum absolute atomic E-state index is 12.7. The summed E-state index contributed by atoms with van der Waals surface area (Å²) >= 11 is 0. The van der Waals surface area contributed by atoms with Crippen molar-refractivity contribution in [3.8, 4) is 5.69 Å². The second kappa shape index (κ2) is 5.92. The molecule has 2 aromatic heterocycles. The molecule has 0 saturated heterocycles. The summed E-state index contributed by atoms with van der Waals surface area (Å²) in [5.74, 6) is -1.32. The molecule has 0 radical (unpaired) electrons. The molecule has 0 bridgehead atoms. The fourth-order valence-electron chi connectivity index (χ4n) is 3.03. The Bertz CT molecular complexity index is 901. The lowest BCUT2D eigenvalue weighted by Gasteiger charge is -2.29. The lowest BCUT2D eigenvalue weighted by molar-refractivity contribution is -0.129. The van der Waals surface area contributed by atoms with Crippen molar-refractivity contribution in [2.75, 3.05) is 6.54 Å². The number of carboxylic acid groups (broad SMARTS) is 1. The standard InChI is InChI=1S/C17H17N3O4/c1-10-3-5-18-7-14(10)20-9-12-8-19(11(2)21)6-4-13(12)15(16(20)22)17(23)24/h3,5,7,9H,4,6,8H2,1-2H3,(H,23,24). The number of carbonyl (C=O) groups is 2. The second-order valence-corrected chi connectivity index (χ2v) is 5.84. The van der Waals surface area contributed by atoms with Crippen molar-refractivity contribution in [1.29, 1.82) is 0 Å². The van der Waals surface area contributed by atoms with Gasteiger partial charge in [-0.2, -0.15) is 0 Å². The summed E-state index contributed by atoms with van der Waals surface area (Å²) in [4.78, 5) is 41.7. The van der Waals surface area contributed by atoms with Gasteiger partial charge in [-0.05, 0) is 36.1 Å². The van der Waals surface area contributed by atoms with Crippen LogP contribution < -0.4 is 5.56 Å². The predicted octanol–water partition coefficient (Wildman–Crippen LogP) is 1.14. The van der Waals surface area contributed by atoms with Crippen LogP contribution in [0.2, 0.25) is 0 Å². The minimum absolute atomic E-state index is 0.0761. The first kappa shape index (κ1) is 15.9. The number of amides is 1. The molecule has 7 nitrogen and oxygen atoms in total. The number of rotatable bonds is 2. The average molecular weight is 327 g/mol. The fraction of sp³-hybridized carbons (Fsp3) is 0.294. The summed E-state index contributed by atoms with van der Waals surface area (Å²) < 4.78 is 1.31. The molecule has 0 aliphatic carbocycles. The van der Waals surface area contributed by atoms with Crippen LogP contribution in [0.3, 0.4) is 0 Å². The summed E-state index contributed by atoms with van der Waals surface area (Å²) in [6.45, 7) is 4.01. The summed E-state index contributed by atoms with van der Waals surface area (Å²) in [6.07, 6.45) is 5.13. The number of aromatic nitrogens is 2. The number of carboxylic acids is 1. The Morgan fingerprint density at radius 1 is 1.33 bits per heavy atom. The van der Waals surface area contributed by atoms with Crippen molar-refractivity contribution in [3.63, 3.8) is 0 Å². The SMILES string of the molecule is CC(=O)N1CCc2c(cn(-c3cnccc3C)c(=O)c2C(=O)O)C1. The van der Waals surface area contributed by atoms with Crippen molar-refractivity contribution in [1.82, 2.24) is 14.5 Å². The molecular weight excluding hydrogens is 310 g/mol. The van der Waals surface area contributed by atoms with Crippen LogP contribution in [0.5, 0.6) is 0 Å². The van der Waals surface area contributed by atoms with E-state index in [0.717, 1.165) is 5.56 Å². The Hall–Kier alpha value is -2.96. The Kier molecular flexibility index (Phi) is 3.92. The Balaban J connectivity index is 2.26. The van der Waals surface area contributed by atoms with Gasteiger partial charge in [-0.1, -0.05) is 0 Å². The van der Waals surface area contributed by atoms with E-state index >= 15 is 0 Å². The molecule has 3 rings (SSSR count). The van der Waals surface area contributed by atoms with Gasteiger partial charge < -0.3 is 10.0 Å². The van der Waals surface area contributed by atoms with E-state index in [0.29, 0.717) is 36.3 Å². The van der Waals surface area contributed by atoms with Crippen LogP contribution in [0.4, 0.5) is 0 Å². The number of carbonyl (C=O) groups excluding carboxylic acids is 1. The molecule has 1 amide bonds. The molecule has 1 aliphatic heterocycles. The minimum atomic E-state index is -1.25. The third kappa shape index (κ3) is 2.58. The lowest BCUT2D eigenvalue weighted by Crippen LogP contribution is -2.38. The number of nitrogens with zero attached hydrogens (tertiary/aromatic N) is 3. The number of fused-ring (bicyclic) bond motifs is 1. The van der Waals surface area contributed by atoms with Gasteiger partial charge in [-0.3, -0.25) is 19.1 Å². The molecular formula is C17H17N3O4. The highest BCUT2D eigenvalue weighted by atomic mass is 16.4. The fourth-order valence-corrected chi connectivity index (χ4v) is 3.03. The van der Waals surface area contributed by atoms with Crippen LogP contribution >= 0.6 is 0 Å². The molecule has 0 aromatic carbocycles. The summed E-state index contributed by atoms with van der Waals surface area (Å²) in [7, 11) is 0. The number of pyridine rings is 2. The van der Waals surface area contributed by atoms with E-state index in [9.17, 15) is 19.5 Å². The van der Waals surface area contributed by atoms with E-state index in [1.54, 1.807) is 23.4 Å². The monoisotopic (exact) mass is 327 g/mol. The highest BCUT2D eigenvalue weighted by molar-refractivity contribution is 5.89. The highest BCUT2D eigenvalue weighted by Crippen LogP contribution is 2.22. The number of aryl methyl sites for hydroxylation is 1. The largest absolute Gasteiger partial charge is 0.477 e. The number of aromatic carboxylic acids is 1. The van der Waals surface area contributed by atoms with E-state index in [-0.39, 0.29) is 11.5 Å². The maximum atomic E-state index is 12.7. The van der Waals surface area contributed by atoms with Gasteiger partial charge in [-0.25, -0.2) is 4.79 Å². The quantitative estimate of drug-likeness (QED) is 0.893. The van der Waals surface area contributed by atoms with Crippen LogP contribution in [-0.2, 0) is 17.8 Å². The van der Waals surface area contributed by atoms with E-state index in [1.165, 1.54) is 17.7 Å². The molecule has 7 heteroatoms. The molecule has 0 unspecified atom stereocenters. The summed E-state index contributed by atoms with van der Waals surface area (Å²) in [5.41, 5.74) is 1.74.